The van der Waals surface area contributed by atoms with Crippen LogP contribution in [0.4, 0.5) is 5.69 Å². The Bertz CT molecular complexity index is 544. The Labute approximate surface area is 117 Å². The predicted molar refractivity (Wildman–Crippen MR) is 75.8 cm³/mol. The number of aryl methyl sites for hydroxylation is 1. The number of nitro groups is 1. The molecule has 6 heteroatoms. The molecule has 1 heterocycles. The maximum absolute atomic E-state index is 12.6. The van der Waals surface area contributed by atoms with Crippen LogP contribution in [0.2, 0.25) is 0 Å². The summed E-state index contributed by atoms with van der Waals surface area (Å²) < 4.78 is 0. The Morgan fingerprint density at radius 2 is 2.15 bits per heavy atom. The van der Waals surface area contributed by atoms with Gasteiger partial charge in [-0.15, -0.1) is 0 Å². The van der Waals surface area contributed by atoms with E-state index in [1.54, 1.807) is 13.0 Å². The summed E-state index contributed by atoms with van der Waals surface area (Å²) in [5.41, 5.74) is 1.19. The minimum atomic E-state index is -0.448. The molecule has 1 amide bonds. The van der Waals surface area contributed by atoms with Crippen molar-refractivity contribution < 1.29 is 9.72 Å². The van der Waals surface area contributed by atoms with E-state index in [2.05, 4.69) is 5.32 Å². The lowest BCUT2D eigenvalue weighted by Gasteiger charge is -2.37. The highest BCUT2D eigenvalue weighted by Gasteiger charge is 2.28. The molecule has 0 aliphatic carbocycles. The lowest BCUT2D eigenvalue weighted by atomic mass is 10.0. The van der Waals surface area contributed by atoms with E-state index in [0.29, 0.717) is 17.7 Å². The van der Waals surface area contributed by atoms with Gasteiger partial charge in [-0.05, 0) is 32.4 Å². The first kappa shape index (κ1) is 14.5. The van der Waals surface area contributed by atoms with Crippen molar-refractivity contribution in [2.75, 3.05) is 13.1 Å². The van der Waals surface area contributed by atoms with E-state index in [-0.39, 0.29) is 23.7 Å². The molecule has 2 unspecified atom stereocenters. The summed E-state index contributed by atoms with van der Waals surface area (Å²) in [6.07, 6.45) is 0. The Morgan fingerprint density at radius 1 is 1.45 bits per heavy atom. The first-order valence-corrected chi connectivity index (χ1v) is 6.69. The van der Waals surface area contributed by atoms with E-state index in [9.17, 15) is 14.9 Å². The first-order valence-electron chi connectivity index (χ1n) is 6.69. The van der Waals surface area contributed by atoms with Crippen LogP contribution in [0.3, 0.4) is 0 Å². The molecular weight excluding hydrogens is 258 g/mol. The topological polar surface area (TPSA) is 75.5 Å². The molecule has 1 aliphatic rings. The summed E-state index contributed by atoms with van der Waals surface area (Å²) in [6.45, 7) is 7.18. The van der Waals surface area contributed by atoms with Crippen molar-refractivity contribution >= 4 is 11.6 Å². The number of carbonyl (C=O) groups is 1. The molecule has 0 saturated carbocycles. The maximum Gasteiger partial charge on any atom is 0.269 e. The Balaban J connectivity index is 2.26. The molecule has 1 N–H and O–H groups in total. The largest absolute Gasteiger partial charge is 0.333 e. The van der Waals surface area contributed by atoms with Gasteiger partial charge >= 0.3 is 0 Å². The molecule has 0 spiro atoms. The number of amides is 1. The van der Waals surface area contributed by atoms with Gasteiger partial charge in [-0.2, -0.15) is 0 Å². The third kappa shape index (κ3) is 2.80. The summed E-state index contributed by atoms with van der Waals surface area (Å²) in [5.74, 6) is -0.0572. The van der Waals surface area contributed by atoms with E-state index in [1.165, 1.54) is 12.1 Å². The van der Waals surface area contributed by atoms with Gasteiger partial charge in [0.25, 0.3) is 11.6 Å². The number of benzene rings is 1. The molecule has 0 radical (unpaired) electrons. The number of hydrogen-bond acceptors (Lipinski definition) is 4. The second kappa shape index (κ2) is 5.58. The summed E-state index contributed by atoms with van der Waals surface area (Å²) in [5, 5.41) is 14.1. The highest BCUT2D eigenvalue weighted by atomic mass is 16.6. The van der Waals surface area contributed by atoms with Crippen molar-refractivity contribution in [2.24, 2.45) is 0 Å². The van der Waals surface area contributed by atoms with Crippen LogP contribution in [0.15, 0.2) is 18.2 Å². The molecule has 1 aromatic carbocycles. The van der Waals surface area contributed by atoms with Crippen LogP contribution < -0.4 is 5.32 Å². The van der Waals surface area contributed by atoms with Crippen LogP contribution >= 0.6 is 0 Å². The second-order valence-electron chi connectivity index (χ2n) is 5.37. The number of carbonyl (C=O) groups excluding carboxylic acids is 1. The number of nitrogens with one attached hydrogen (secondary N) is 1. The number of nitro benzene ring substituents is 1. The SMILES string of the molecule is Cc1cc([N+](=O)[O-])ccc1C(=O)N1CC(C)NCC1C. The van der Waals surface area contributed by atoms with Gasteiger partial charge in [0.2, 0.25) is 0 Å². The van der Waals surface area contributed by atoms with Crippen LogP contribution in [0.1, 0.15) is 29.8 Å². The van der Waals surface area contributed by atoms with Crippen molar-refractivity contribution in [3.05, 3.63) is 39.4 Å². The molecular formula is C14H19N3O3. The van der Waals surface area contributed by atoms with Crippen molar-refractivity contribution in [3.63, 3.8) is 0 Å². The van der Waals surface area contributed by atoms with Crippen molar-refractivity contribution in [2.45, 2.75) is 32.9 Å². The molecule has 1 aromatic rings. The highest BCUT2D eigenvalue weighted by Crippen LogP contribution is 2.20. The monoisotopic (exact) mass is 277 g/mol. The summed E-state index contributed by atoms with van der Waals surface area (Å²) in [4.78, 5) is 24.7. The molecule has 2 rings (SSSR count). The summed E-state index contributed by atoms with van der Waals surface area (Å²) in [7, 11) is 0. The molecule has 2 atom stereocenters. The summed E-state index contributed by atoms with van der Waals surface area (Å²) >= 11 is 0. The second-order valence-corrected chi connectivity index (χ2v) is 5.37. The van der Waals surface area contributed by atoms with Crippen molar-refractivity contribution in [3.8, 4) is 0 Å². The van der Waals surface area contributed by atoms with E-state index < -0.39 is 4.92 Å². The zero-order valence-corrected chi connectivity index (χ0v) is 11.9. The van der Waals surface area contributed by atoms with Gasteiger partial charge < -0.3 is 10.2 Å². The quantitative estimate of drug-likeness (QED) is 0.659. The van der Waals surface area contributed by atoms with Crippen LogP contribution in [0.25, 0.3) is 0 Å². The van der Waals surface area contributed by atoms with Crippen LogP contribution in [-0.4, -0.2) is 40.9 Å². The fourth-order valence-corrected chi connectivity index (χ4v) is 2.46. The lowest BCUT2D eigenvalue weighted by Crippen LogP contribution is -2.56. The Morgan fingerprint density at radius 3 is 2.75 bits per heavy atom. The van der Waals surface area contributed by atoms with Crippen molar-refractivity contribution in [1.82, 2.24) is 10.2 Å². The molecule has 20 heavy (non-hydrogen) atoms. The third-order valence-corrected chi connectivity index (χ3v) is 3.68. The average Bonchev–Trinajstić information content (AvgIpc) is 2.40. The molecule has 108 valence electrons. The fourth-order valence-electron chi connectivity index (χ4n) is 2.46. The zero-order valence-electron chi connectivity index (χ0n) is 11.9. The van der Waals surface area contributed by atoms with Crippen LogP contribution in [0.5, 0.6) is 0 Å². The van der Waals surface area contributed by atoms with Crippen LogP contribution in [0, 0.1) is 17.0 Å². The summed E-state index contributed by atoms with van der Waals surface area (Å²) in [6, 6.07) is 4.76. The molecule has 1 saturated heterocycles. The Hall–Kier alpha value is -1.95. The van der Waals surface area contributed by atoms with Gasteiger partial charge in [-0.1, -0.05) is 0 Å². The molecule has 1 aliphatic heterocycles. The number of rotatable bonds is 2. The molecule has 0 aromatic heterocycles. The standard InChI is InChI=1S/C14H19N3O3/c1-9-6-12(17(19)20)4-5-13(9)14(18)16-8-10(2)15-7-11(16)3/h4-6,10-11,15H,7-8H2,1-3H3. The predicted octanol–water partition coefficient (Wildman–Crippen LogP) is 1.73. The van der Waals surface area contributed by atoms with Gasteiger partial charge in [-0.25, -0.2) is 0 Å². The third-order valence-electron chi connectivity index (χ3n) is 3.68. The number of hydrogen-bond donors (Lipinski definition) is 1. The van der Waals surface area contributed by atoms with Gasteiger partial charge in [0, 0.05) is 42.9 Å². The van der Waals surface area contributed by atoms with Gasteiger partial charge in [0.15, 0.2) is 0 Å². The number of non-ortho nitro benzene ring substituents is 1. The van der Waals surface area contributed by atoms with Gasteiger partial charge in [-0.3, -0.25) is 14.9 Å². The number of piperazine rings is 1. The number of nitrogens with zero attached hydrogens (tertiary/aromatic N) is 2. The molecule has 6 nitrogen and oxygen atoms in total. The molecule has 1 fully saturated rings. The van der Waals surface area contributed by atoms with Gasteiger partial charge in [0.1, 0.15) is 0 Å². The first-order chi connectivity index (χ1) is 9.40. The minimum absolute atomic E-state index is 0.0146. The normalized spacial score (nSPS) is 22.6. The van der Waals surface area contributed by atoms with E-state index in [0.717, 1.165) is 6.54 Å². The van der Waals surface area contributed by atoms with Crippen LogP contribution in [-0.2, 0) is 0 Å². The van der Waals surface area contributed by atoms with E-state index in [4.69, 9.17) is 0 Å². The van der Waals surface area contributed by atoms with Crippen molar-refractivity contribution in [1.29, 1.82) is 0 Å². The zero-order chi connectivity index (χ0) is 14.9. The Kier molecular flexibility index (Phi) is 4.04. The smallest absolute Gasteiger partial charge is 0.269 e. The average molecular weight is 277 g/mol. The van der Waals surface area contributed by atoms with E-state index >= 15 is 0 Å². The van der Waals surface area contributed by atoms with Gasteiger partial charge in [0.05, 0.1) is 4.92 Å². The highest BCUT2D eigenvalue weighted by molar-refractivity contribution is 5.96. The lowest BCUT2D eigenvalue weighted by molar-refractivity contribution is -0.384. The minimum Gasteiger partial charge on any atom is -0.333 e. The van der Waals surface area contributed by atoms with E-state index in [1.807, 2.05) is 18.7 Å². The maximum atomic E-state index is 12.6. The fraction of sp³-hybridized carbons (Fsp3) is 0.500. The molecule has 0 bridgehead atoms.